The molecule has 0 fully saturated rings. The zero-order valence-electron chi connectivity index (χ0n) is 22.2. The fourth-order valence-electron chi connectivity index (χ4n) is 4.28. The van der Waals surface area contributed by atoms with Gasteiger partial charge in [0.1, 0.15) is 29.3 Å². The third-order valence-electron chi connectivity index (χ3n) is 6.38. The maximum Gasteiger partial charge on any atom is 0.233 e. The predicted molar refractivity (Wildman–Crippen MR) is 159 cm³/mol. The molecule has 3 N–H and O–H groups in total. The number of sulfonamides is 1. The van der Waals surface area contributed by atoms with E-state index in [1.54, 1.807) is 24.4 Å². The van der Waals surface area contributed by atoms with E-state index in [0.717, 1.165) is 31.1 Å². The summed E-state index contributed by atoms with van der Waals surface area (Å²) in [4.78, 5) is 25.4. The first-order chi connectivity index (χ1) is 19.3. The highest BCUT2D eigenvalue weighted by Gasteiger charge is 2.22. The van der Waals surface area contributed by atoms with E-state index >= 15 is 0 Å². The Hall–Kier alpha value is -3.73. The molecule has 0 aliphatic heterocycles. The number of carbonyl (C=O) groups is 1. The average molecular weight is 582 g/mol. The van der Waals surface area contributed by atoms with Gasteiger partial charge in [0.15, 0.2) is 5.78 Å². The van der Waals surface area contributed by atoms with E-state index in [1.807, 2.05) is 30.3 Å². The Morgan fingerprint density at radius 2 is 1.90 bits per heavy atom. The second-order valence-corrected chi connectivity index (χ2v) is 11.4. The number of hydrogen-bond acceptors (Lipinski definition) is 7. The normalized spacial score (nSPS) is 12.2. The first-order valence-corrected chi connectivity index (χ1v) is 15.0. The molecule has 0 aliphatic rings. The number of para-hydroxylation sites is 1. The van der Waals surface area contributed by atoms with Crippen LogP contribution in [0.25, 0.3) is 11.0 Å². The Labute approximate surface area is 239 Å². The molecule has 0 amide bonds. The van der Waals surface area contributed by atoms with Gasteiger partial charge < -0.3 is 15.0 Å². The van der Waals surface area contributed by atoms with E-state index in [2.05, 4.69) is 38.5 Å². The van der Waals surface area contributed by atoms with Crippen LogP contribution >= 0.6 is 11.6 Å². The summed E-state index contributed by atoms with van der Waals surface area (Å²) in [6, 6.07) is 13.9. The highest BCUT2D eigenvalue weighted by atomic mass is 35.5. The van der Waals surface area contributed by atoms with Crippen molar-refractivity contribution in [2.45, 2.75) is 45.1 Å². The number of aromatic nitrogens is 3. The molecule has 4 aromatic rings. The summed E-state index contributed by atoms with van der Waals surface area (Å²) in [5.74, 6) is 1.27. The lowest BCUT2D eigenvalue weighted by atomic mass is 10.0. The minimum atomic E-state index is -3.60. The third kappa shape index (κ3) is 7.47. The number of aromatic amines is 1. The number of ether oxygens (including phenoxy) is 1. The lowest BCUT2D eigenvalue weighted by Crippen LogP contribution is -2.36. The highest BCUT2D eigenvalue weighted by molar-refractivity contribution is 7.92. The van der Waals surface area contributed by atoms with Gasteiger partial charge in [-0.2, -0.15) is 0 Å². The zero-order chi connectivity index (χ0) is 28.5. The molecule has 4 rings (SSSR count). The number of hydrogen-bond donors (Lipinski definition) is 3. The number of benzene rings is 2. The minimum Gasteiger partial charge on any atom is -0.457 e. The number of halogens is 1. The van der Waals surface area contributed by atoms with Crippen LogP contribution in [0.3, 0.4) is 0 Å². The van der Waals surface area contributed by atoms with Crippen LogP contribution in [0.4, 0.5) is 5.82 Å². The van der Waals surface area contributed by atoms with Gasteiger partial charge in [0.25, 0.3) is 0 Å². The van der Waals surface area contributed by atoms with Crippen molar-refractivity contribution < 1.29 is 17.9 Å². The summed E-state index contributed by atoms with van der Waals surface area (Å²) < 4.78 is 32.4. The highest BCUT2D eigenvalue weighted by Crippen LogP contribution is 2.31. The van der Waals surface area contributed by atoms with Crippen LogP contribution < -0.4 is 14.8 Å². The maximum absolute atomic E-state index is 13.7. The largest absolute Gasteiger partial charge is 0.457 e. The van der Waals surface area contributed by atoms with Gasteiger partial charge in [0, 0.05) is 35.8 Å². The number of nitrogens with one attached hydrogen (secondary N) is 3. The molecule has 1 unspecified atom stereocenters. The van der Waals surface area contributed by atoms with E-state index in [-0.39, 0.29) is 23.4 Å². The molecule has 0 radical (unpaired) electrons. The Kier molecular flexibility index (Phi) is 9.92. The molecule has 0 aliphatic carbocycles. The van der Waals surface area contributed by atoms with Gasteiger partial charge in [-0.15, -0.1) is 0 Å². The number of H-pyrrole nitrogens is 1. The fourth-order valence-corrected chi connectivity index (χ4v) is 5.08. The second kappa shape index (κ2) is 13.6. The van der Waals surface area contributed by atoms with Gasteiger partial charge in [0.2, 0.25) is 10.0 Å². The lowest BCUT2D eigenvalue weighted by molar-refractivity contribution is 0.104. The van der Waals surface area contributed by atoms with Crippen molar-refractivity contribution in [1.82, 2.24) is 19.7 Å². The number of unbranched alkanes of at least 4 members (excludes halogenated alkanes) is 3. The van der Waals surface area contributed by atoms with Gasteiger partial charge in [-0.25, -0.2) is 23.1 Å². The van der Waals surface area contributed by atoms with Gasteiger partial charge in [-0.3, -0.25) is 4.79 Å². The molecule has 0 spiro atoms. The number of fused-ring (bicyclic) bond motifs is 1. The summed E-state index contributed by atoms with van der Waals surface area (Å²) in [7, 11) is -3.60. The molecule has 2 heterocycles. The van der Waals surface area contributed by atoms with Crippen molar-refractivity contribution in [2.75, 3.05) is 11.9 Å². The number of nitrogens with zero attached hydrogens (tertiary/aromatic N) is 2. The summed E-state index contributed by atoms with van der Waals surface area (Å²) in [5, 5.41) is 4.96. The van der Waals surface area contributed by atoms with Crippen molar-refractivity contribution in [2.24, 2.45) is 0 Å². The molecular formula is C29H32ClN5O4S. The van der Waals surface area contributed by atoms with Crippen LogP contribution in [0, 0.1) is 0 Å². The maximum atomic E-state index is 13.7. The number of ketones is 1. The fraction of sp³-hybridized carbons (Fsp3) is 0.276. The Morgan fingerprint density at radius 3 is 2.62 bits per heavy atom. The molecule has 0 bridgehead atoms. The summed E-state index contributed by atoms with van der Waals surface area (Å²) >= 11 is 6.53. The van der Waals surface area contributed by atoms with Crippen LogP contribution in [0.2, 0.25) is 5.02 Å². The molecule has 11 heteroatoms. The van der Waals surface area contributed by atoms with Crippen LogP contribution in [0.1, 0.15) is 54.9 Å². The molecule has 0 saturated heterocycles. The summed E-state index contributed by atoms with van der Waals surface area (Å²) in [6.45, 7) is 5.62. The second-order valence-electron chi connectivity index (χ2n) is 9.28. The molecule has 210 valence electrons. The van der Waals surface area contributed by atoms with Crippen molar-refractivity contribution in [3.63, 3.8) is 0 Å². The lowest BCUT2D eigenvalue weighted by Gasteiger charge is -2.20. The van der Waals surface area contributed by atoms with Gasteiger partial charge in [-0.05, 0) is 30.7 Å². The summed E-state index contributed by atoms with van der Waals surface area (Å²) in [5.41, 5.74) is 1.11. The number of carbonyl (C=O) groups excluding carboxylic acids is 1. The van der Waals surface area contributed by atoms with Gasteiger partial charge in [0.05, 0.1) is 16.0 Å². The molecular weight excluding hydrogens is 550 g/mol. The van der Waals surface area contributed by atoms with Crippen LogP contribution in [-0.2, 0) is 10.0 Å². The Morgan fingerprint density at radius 1 is 1.10 bits per heavy atom. The summed E-state index contributed by atoms with van der Waals surface area (Å²) in [6.07, 6.45) is 7.78. The minimum absolute atomic E-state index is 0.133. The van der Waals surface area contributed by atoms with Gasteiger partial charge in [-0.1, -0.05) is 69.0 Å². The van der Waals surface area contributed by atoms with Crippen molar-refractivity contribution >= 4 is 44.3 Å². The standard InChI is InChI=1S/C29H32ClN5O4S/c1-3-5-6-8-11-20(17-34-40(37,38)4-2)35-29-26-24(18-31-28(26)32-19-33-29)27(36)23-15-14-22(16-25(23)30)39-21-12-9-7-10-13-21/h4,7,9-10,12-16,18-20,34H,2-3,5-6,8,11,17H2,1H3,(H2,31,32,33,35). The number of anilines is 1. The first-order valence-electron chi connectivity index (χ1n) is 13.1. The molecule has 9 nitrogen and oxygen atoms in total. The molecule has 2 aromatic heterocycles. The third-order valence-corrected chi connectivity index (χ3v) is 7.70. The monoisotopic (exact) mass is 581 g/mol. The topological polar surface area (TPSA) is 126 Å². The van der Waals surface area contributed by atoms with Crippen molar-refractivity contribution in [3.05, 3.63) is 89.2 Å². The molecule has 2 aromatic carbocycles. The van der Waals surface area contributed by atoms with E-state index in [1.165, 1.54) is 6.33 Å². The van der Waals surface area contributed by atoms with Crippen LogP contribution in [-0.4, -0.2) is 41.7 Å². The van der Waals surface area contributed by atoms with E-state index in [9.17, 15) is 13.2 Å². The quantitative estimate of drug-likeness (QED) is 0.109. The smallest absolute Gasteiger partial charge is 0.233 e. The van der Waals surface area contributed by atoms with Crippen molar-refractivity contribution in [3.8, 4) is 11.5 Å². The molecule has 0 saturated carbocycles. The van der Waals surface area contributed by atoms with E-state index in [4.69, 9.17) is 16.3 Å². The van der Waals surface area contributed by atoms with Crippen LogP contribution in [0.5, 0.6) is 11.5 Å². The first kappa shape index (κ1) is 29.3. The Balaban J connectivity index is 1.60. The van der Waals surface area contributed by atoms with E-state index in [0.29, 0.717) is 45.9 Å². The molecule has 1 atom stereocenters. The predicted octanol–water partition coefficient (Wildman–Crippen LogP) is 6.45. The Bertz CT molecular complexity index is 1570. The van der Waals surface area contributed by atoms with Crippen LogP contribution in [0.15, 0.2) is 73.0 Å². The molecule has 40 heavy (non-hydrogen) atoms. The van der Waals surface area contributed by atoms with Gasteiger partial charge >= 0.3 is 0 Å². The zero-order valence-corrected chi connectivity index (χ0v) is 23.8. The SMILES string of the molecule is C=CS(=O)(=O)NCC(CCCCCC)Nc1ncnc2[nH]cc(C(=O)c3ccc(Oc4ccccc4)cc3Cl)c12. The average Bonchev–Trinajstić information content (AvgIpc) is 3.39. The van der Waals surface area contributed by atoms with Crippen molar-refractivity contribution in [1.29, 1.82) is 0 Å². The number of rotatable bonds is 15. The van der Waals surface area contributed by atoms with E-state index < -0.39 is 10.0 Å².